The van der Waals surface area contributed by atoms with Gasteiger partial charge in [-0.1, -0.05) is 0 Å². The molecule has 0 atom stereocenters. The van der Waals surface area contributed by atoms with Crippen LogP contribution in [0.1, 0.15) is 16.1 Å². The molecular weight excluding hydrogens is 284 g/mol. The second-order valence-electron chi connectivity index (χ2n) is 3.52. The Morgan fingerprint density at radius 3 is 2.71 bits per heavy atom. The van der Waals surface area contributed by atoms with Crippen LogP contribution in [0, 0.1) is 0 Å². The molecule has 5 heteroatoms. The average Bonchev–Trinajstić information content (AvgIpc) is 2.74. The van der Waals surface area contributed by atoms with Crippen LogP contribution >= 0.6 is 15.9 Å². The summed E-state index contributed by atoms with van der Waals surface area (Å²) >= 11 is 3.36. The summed E-state index contributed by atoms with van der Waals surface area (Å²) in [7, 11) is 3.33. The molecule has 0 aliphatic rings. The molecule has 0 aliphatic heterocycles. The minimum atomic E-state index is -0.0617. The number of methoxy groups -OCH3 is 1. The third kappa shape index (κ3) is 2.24. The number of benzene rings is 1. The van der Waals surface area contributed by atoms with Crippen molar-refractivity contribution in [2.45, 2.75) is 0 Å². The third-order valence-electron chi connectivity index (χ3n) is 2.47. The predicted octanol–water partition coefficient (Wildman–Crippen LogP) is 2.42. The minimum Gasteiger partial charge on any atom is -0.496 e. The topological polar surface area (TPSA) is 44.1 Å². The van der Waals surface area contributed by atoms with Crippen molar-refractivity contribution in [2.75, 3.05) is 7.11 Å². The molecule has 1 heterocycles. The lowest BCUT2D eigenvalue weighted by molar-refractivity contribution is 0.103. The molecule has 0 amide bonds. The quantitative estimate of drug-likeness (QED) is 0.817. The molecule has 2 aromatic rings. The van der Waals surface area contributed by atoms with E-state index in [1.54, 1.807) is 49.3 Å². The molecule has 0 N–H and O–H groups in total. The second-order valence-corrected chi connectivity index (χ2v) is 4.37. The van der Waals surface area contributed by atoms with E-state index >= 15 is 0 Å². The molecule has 0 radical (unpaired) electrons. The van der Waals surface area contributed by atoms with Gasteiger partial charge in [0.15, 0.2) is 0 Å². The zero-order chi connectivity index (χ0) is 12.4. The fourth-order valence-corrected chi connectivity index (χ4v) is 2.09. The summed E-state index contributed by atoms with van der Waals surface area (Å²) in [5, 5.41) is 3.98. The first-order valence-corrected chi connectivity index (χ1v) is 5.79. The van der Waals surface area contributed by atoms with E-state index in [0.29, 0.717) is 17.0 Å². The monoisotopic (exact) mass is 294 g/mol. The molecule has 88 valence electrons. The van der Waals surface area contributed by atoms with Crippen LogP contribution in [0.4, 0.5) is 0 Å². The summed E-state index contributed by atoms with van der Waals surface area (Å²) < 4.78 is 7.43. The Labute approximate surface area is 107 Å². The molecule has 0 saturated heterocycles. The number of nitrogens with zero attached hydrogens (tertiary/aromatic N) is 2. The number of hydrogen-bond donors (Lipinski definition) is 0. The van der Waals surface area contributed by atoms with Crippen LogP contribution in [-0.4, -0.2) is 22.7 Å². The van der Waals surface area contributed by atoms with Crippen LogP contribution < -0.4 is 4.74 Å². The molecule has 1 aromatic heterocycles. The van der Waals surface area contributed by atoms with Crippen molar-refractivity contribution in [3.8, 4) is 5.75 Å². The molecule has 0 spiro atoms. The Hall–Kier alpha value is -1.62. The van der Waals surface area contributed by atoms with Crippen molar-refractivity contribution in [3.63, 3.8) is 0 Å². The van der Waals surface area contributed by atoms with E-state index in [-0.39, 0.29) is 5.78 Å². The fourth-order valence-electron chi connectivity index (χ4n) is 1.55. The zero-order valence-electron chi connectivity index (χ0n) is 9.48. The van der Waals surface area contributed by atoms with E-state index in [2.05, 4.69) is 21.0 Å². The molecule has 2 rings (SSSR count). The molecule has 4 nitrogen and oxygen atoms in total. The fraction of sp³-hybridized carbons (Fsp3) is 0.167. The van der Waals surface area contributed by atoms with E-state index in [9.17, 15) is 4.79 Å². The summed E-state index contributed by atoms with van der Waals surface area (Å²) in [6.07, 6.45) is 1.60. The SMILES string of the molecule is COc1ccc(C(=O)c2ccnn2C)cc1Br. The van der Waals surface area contributed by atoms with Gasteiger partial charge in [0.2, 0.25) is 5.78 Å². The first kappa shape index (κ1) is 11.9. The predicted molar refractivity (Wildman–Crippen MR) is 67.3 cm³/mol. The van der Waals surface area contributed by atoms with Gasteiger partial charge in [-0.05, 0) is 40.2 Å². The Kier molecular flexibility index (Phi) is 3.28. The summed E-state index contributed by atoms with van der Waals surface area (Å²) in [5.41, 5.74) is 1.16. The van der Waals surface area contributed by atoms with Crippen LogP contribution in [0.25, 0.3) is 0 Å². The van der Waals surface area contributed by atoms with Crippen molar-refractivity contribution in [3.05, 3.63) is 46.2 Å². The lowest BCUT2D eigenvalue weighted by Gasteiger charge is -2.05. The summed E-state index contributed by atoms with van der Waals surface area (Å²) in [6, 6.07) is 6.93. The normalized spacial score (nSPS) is 10.3. The number of ether oxygens (including phenoxy) is 1. The molecule has 0 saturated carbocycles. The van der Waals surface area contributed by atoms with Gasteiger partial charge in [0.1, 0.15) is 11.4 Å². The lowest BCUT2D eigenvalue weighted by atomic mass is 10.1. The van der Waals surface area contributed by atoms with Gasteiger partial charge >= 0.3 is 0 Å². The first-order chi connectivity index (χ1) is 8.13. The Morgan fingerprint density at radius 1 is 1.41 bits per heavy atom. The molecule has 0 bridgehead atoms. The highest BCUT2D eigenvalue weighted by atomic mass is 79.9. The Morgan fingerprint density at radius 2 is 2.18 bits per heavy atom. The van der Waals surface area contributed by atoms with E-state index < -0.39 is 0 Å². The maximum absolute atomic E-state index is 12.2. The number of aromatic nitrogens is 2. The minimum absolute atomic E-state index is 0.0617. The number of ketones is 1. The molecule has 0 unspecified atom stereocenters. The van der Waals surface area contributed by atoms with Crippen molar-refractivity contribution >= 4 is 21.7 Å². The van der Waals surface area contributed by atoms with Gasteiger partial charge in [0.05, 0.1) is 11.6 Å². The average molecular weight is 295 g/mol. The Bertz CT molecular complexity index is 563. The highest BCUT2D eigenvalue weighted by Crippen LogP contribution is 2.26. The van der Waals surface area contributed by atoms with Gasteiger partial charge in [-0.25, -0.2) is 0 Å². The number of hydrogen-bond acceptors (Lipinski definition) is 3. The number of rotatable bonds is 3. The van der Waals surface area contributed by atoms with E-state index in [0.717, 1.165) is 4.47 Å². The highest BCUT2D eigenvalue weighted by molar-refractivity contribution is 9.10. The van der Waals surface area contributed by atoms with Crippen molar-refractivity contribution < 1.29 is 9.53 Å². The second kappa shape index (κ2) is 4.71. The number of halogens is 1. The standard InChI is InChI=1S/C12H11BrN2O2/c1-15-10(5-6-14-15)12(16)8-3-4-11(17-2)9(13)7-8/h3-7H,1-2H3. The van der Waals surface area contributed by atoms with Crippen molar-refractivity contribution in [2.24, 2.45) is 7.05 Å². The van der Waals surface area contributed by atoms with Crippen LogP contribution in [-0.2, 0) is 7.05 Å². The van der Waals surface area contributed by atoms with Gasteiger partial charge < -0.3 is 4.74 Å². The van der Waals surface area contributed by atoms with E-state index in [1.165, 1.54) is 0 Å². The van der Waals surface area contributed by atoms with Crippen LogP contribution in [0.15, 0.2) is 34.9 Å². The lowest BCUT2D eigenvalue weighted by Crippen LogP contribution is -2.08. The molecule has 0 fully saturated rings. The maximum atomic E-state index is 12.2. The van der Waals surface area contributed by atoms with E-state index in [1.807, 2.05) is 0 Å². The summed E-state index contributed by atoms with van der Waals surface area (Å²) in [4.78, 5) is 12.2. The summed E-state index contributed by atoms with van der Waals surface area (Å²) in [6.45, 7) is 0. The van der Waals surface area contributed by atoms with Gasteiger partial charge in [-0.15, -0.1) is 0 Å². The van der Waals surface area contributed by atoms with Crippen molar-refractivity contribution in [1.29, 1.82) is 0 Å². The highest BCUT2D eigenvalue weighted by Gasteiger charge is 2.14. The summed E-state index contributed by atoms with van der Waals surface area (Å²) in [5.74, 6) is 0.639. The molecule has 17 heavy (non-hydrogen) atoms. The van der Waals surface area contributed by atoms with Gasteiger partial charge in [-0.3, -0.25) is 9.48 Å². The van der Waals surface area contributed by atoms with Gasteiger partial charge in [0.25, 0.3) is 0 Å². The number of aryl methyl sites for hydroxylation is 1. The van der Waals surface area contributed by atoms with Crippen LogP contribution in [0.3, 0.4) is 0 Å². The largest absolute Gasteiger partial charge is 0.496 e. The Balaban J connectivity index is 2.39. The first-order valence-electron chi connectivity index (χ1n) is 4.99. The third-order valence-corrected chi connectivity index (χ3v) is 3.09. The van der Waals surface area contributed by atoms with Gasteiger partial charge in [-0.2, -0.15) is 5.10 Å². The smallest absolute Gasteiger partial charge is 0.211 e. The number of carbonyl (C=O) groups excluding carboxylic acids is 1. The van der Waals surface area contributed by atoms with Crippen LogP contribution in [0.2, 0.25) is 0 Å². The molecule has 0 aliphatic carbocycles. The maximum Gasteiger partial charge on any atom is 0.211 e. The van der Waals surface area contributed by atoms with Crippen LogP contribution in [0.5, 0.6) is 5.75 Å². The molecule has 1 aromatic carbocycles. The molecular formula is C12H11BrN2O2. The zero-order valence-corrected chi connectivity index (χ0v) is 11.1. The van der Waals surface area contributed by atoms with E-state index in [4.69, 9.17) is 4.74 Å². The van der Waals surface area contributed by atoms with Gasteiger partial charge in [0, 0.05) is 18.8 Å². The number of carbonyl (C=O) groups is 1. The van der Waals surface area contributed by atoms with Crippen molar-refractivity contribution in [1.82, 2.24) is 9.78 Å².